The van der Waals surface area contributed by atoms with E-state index < -0.39 is 5.91 Å². The summed E-state index contributed by atoms with van der Waals surface area (Å²) in [7, 11) is 1.76. The standard InChI is InChI=1S/C29H27Cl3N6O3/c1-18-26(28(40)38(35(18)2)21-9-4-3-5-10-21)34-27(39)19-7-6-8-20(15-19)33-29(41)37-13-11-36(12-14-37)22-16-23(30)25(32)24(31)17-22/h3-10,15-17H,11-14H2,1-2H3,(H,33,41)(H,34,39). The molecule has 0 saturated carbocycles. The molecule has 1 aliphatic heterocycles. The van der Waals surface area contributed by atoms with E-state index in [-0.39, 0.29) is 17.3 Å². The molecule has 0 atom stereocenters. The molecule has 4 aromatic rings. The maximum Gasteiger partial charge on any atom is 0.321 e. The van der Waals surface area contributed by atoms with Gasteiger partial charge in [0.2, 0.25) is 0 Å². The number of carbonyl (C=O) groups is 2. The van der Waals surface area contributed by atoms with Gasteiger partial charge < -0.3 is 20.4 Å². The van der Waals surface area contributed by atoms with Crippen molar-refractivity contribution in [2.45, 2.75) is 6.92 Å². The summed E-state index contributed by atoms with van der Waals surface area (Å²) in [6.07, 6.45) is 0. The molecule has 3 aromatic carbocycles. The summed E-state index contributed by atoms with van der Waals surface area (Å²) in [6, 6.07) is 19.0. The van der Waals surface area contributed by atoms with Crippen molar-refractivity contribution >= 4 is 63.8 Å². The Morgan fingerprint density at radius 3 is 2.12 bits per heavy atom. The summed E-state index contributed by atoms with van der Waals surface area (Å²) < 4.78 is 3.19. The van der Waals surface area contributed by atoms with Gasteiger partial charge in [0.05, 0.1) is 26.4 Å². The first-order chi connectivity index (χ1) is 19.6. The largest absolute Gasteiger partial charge is 0.368 e. The van der Waals surface area contributed by atoms with Crippen LogP contribution in [0.1, 0.15) is 16.1 Å². The van der Waals surface area contributed by atoms with Gasteiger partial charge in [0.25, 0.3) is 11.5 Å². The van der Waals surface area contributed by atoms with Crippen LogP contribution >= 0.6 is 34.8 Å². The Bertz CT molecular complexity index is 1650. The minimum absolute atomic E-state index is 0.192. The molecule has 41 heavy (non-hydrogen) atoms. The number of amides is 3. The molecule has 2 N–H and O–H groups in total. The lowest BCUT2D eigenvalue weighted by atomic mass is 10.2. The van der Waals surface area contributed by atoms with Crippen molar-refractivity contribution in [2.24, 2.45) is 7.05 Å². The molecule has 0 unspecified atom stereocenters. The Hall–Kier alpha value is -3.92. The highest BCUT2D eigenvalue weighted by Crippen LogP contribution is 2.35. The highest BCUT2D eigenvalue weighted by atomic mass is 35.5. The van der Waals surface area contributed by atoms with Crippen LogP contribution in [-0.2, 0) is 7.05 Å². The van der Waals surface area contributed by atoms with Crippen LogP contribution < -0.4 is 21.1 Å². The molecule has 0 radical (unpaired) electrons. The second-order valence-electron chi connectivity index (χ2n) is 9.60. The predicted octanol–water partition coefficient (Wildman–Crippen LogP) is 6.05. The number of urea groups is 1. The zero-order valence-corrected chi connectivity index (χ0v) is 24.6. The van der Waals surface area contributed by atoms with Crippen molar-refractivity contribution in [3.63, 3.8) is 0 Å². The molecule has 9 nitrogen and oxygen atoms in total. The fraction of sp³-hybridized carbons (Fsp3) is 0.207. The Morgan fingerprint density at radius 2 is 1.46 bits per heavy atom. The molecule has 3 amide bonds. The summed E-state index contributed by atoms with van der Waals surface area (Å²) in [5.41, 5.74) is 2.76. The molecule has 1 fully saturated rings. The van der Waals surface area contributed by atoms with Gasteiger partial charge in [-0.25, -0.2) is 9.48 Å². The van der Waals surface area contributed by atoms with Gasteiger partial charge in [-0.1, -0.05) is 59.1 Å². The molecule has 0 spiro atoms. The number of anilines is 3. The van der Waals surface area contributed by atoms with Gasteiger partial charge in [-0.05, 0) is 49.4 Å². The Labute approximate surface area is 251 Å². The maximum atomic E-state index is 13.2. The van der Waals surface area contributed by atoms with Crippen LogP contribution in [0, 0.1) is 6.92 Å². The van der Waals surface area contributed by atoms with E-state index in [2.05, 4.69) is 15.5 Å². The van der Waals surface area contributed by atoms with Crippen molar-refractivity contribution < 1.29 is 9.59 Å². The summed E-state index contributed by atoms with van der Waals surface area (Å²) in [4.78, 5) is 43.1. The number of halogens is 3. The molecule has 2 heterocycles. The summed E-state index contributed by atoms with van der Waals surface area (Å²) in [6.45, 7) is 3.89. The van der Waals surface area contributed by atoms with Crippen molar-refractivity contribution in [2.75, 3.05) is 41.7 Å². The molecule has 1 aromatic heterocycles. The Kier molecular flexibility index (Phi) is 8.30. The van der Waals surface area contributed by atoms with Crippen LogP contribution in [0.15, 0.2) is 71.5 Å². The molecule has 212 valence electrons. The molecular weight excluding hydrogens is 587 g/mol. The van der Waals surface area contributed by atoms with Gasteiger partial charge in [-0.15, -0.1) is 0 Å². The first kappa shape index (κ1) is 28.6. The van der Waals surface area contributed by atoms with Crippen molar-refractivity contribution in [3.05, 3.63) is 103 Å². The zero-order valence-electron chi connectivity index (χ0n) is 22.3. The third-order valence-electron chi connectivity index (χ3n) is 7.07. The molecule has 0 bridgehead atoms. The zero-order chi connectivity index (χ0) is 29.3. The fourth-order valence-electron chi connectivity index (χ4n) is 4.73. The number of hydrogen-bond donors (Lipinski definition) is 2. The topological polar surface area (TPSA) is 91.6 Å². The van der Waals surface area contributed by atoms with Crippen LogP contribution in [0.2, 0.25) is 15.1 Å². The first-order valence-electron chi connectivity index (χ1n) is 12.8. The van der Waals surface area contributed by atoms with E-state index in [1.54, 1.807) is 60.0 Å². The van der Waals surface area contributed by atoms with Gasteiger partial charge in [-0.2, -0.15) is 0 Å². The number of nitrogens with zero attached hydrogens (tertiary/aromatic N) is 4. The van der Waals surface area contributed by atoms with E-state index in [4.69, 9.17) is 34.8 Å². The number of rotatable bonds is 5. The smallest absolute Gasteiger partial charge is 0.321 e. The van der Waals surface area contributed by atoms with E-state index in [0.717, 1.165) is 5.69 Å². The van der Waals surface area contributed by atoms with E-state index in [1.807, 2.05) is 30.3 Å². The molecule has 1 saturated heterocycles. The van der Waals surface area contributed by atoms with Gasteiger partial charge in [0.1, 0.15) is 5.69 Å². The average Bonchev–Trinajstić information content (AvgIpc) is 3.19. The van der Waals surface area contributed by atoms with Gasteiger partial charge in [0, 0.05) is 50.2 Å². The predicted molar refractivity (Wildman–Crippen MR) is 164 cm³/mol. The minimum Gasteiger partial charge on any atom is -0.368 e. The summed E-state index contributed by atoms with van der Waals surface area (Å²) in [5, 5.41) is 6.69. The normalized spacial score (nSPS) is 13.3. The number of piperazine rings is 1. The molecule has 1 aliphatic rings. The Balaban J connectivity index is 1.24. The average molecular weight is 614 g/mol. The van der Waals surface area contributed by atoms with Gasteiger partial charge in [-0.3, -0.25) is 14.3 Å². The number of para-hydroxylation sites is 1. The van der Waals surface area contributed by atoms with Crippen molar-refractivity contribution in [1.29, 1.82) is 0 Å². The monoisotopic (exact) mass is 612 g/mol. The summed E-state index contributed by atoms with van der Waals surface area (Å²) in [5.74, 6) is -0.457. The number of carbonyl (C=O) groups excluding carboxylic acids is 2. The van der Waals surface area contributed by atoms with Crippen LogP contribution in [0.5, 0.6) is 0 Å². The third kappa shape index (κ3) is 5.93. The van der Waals surface area contributed by atoms with Crippen molar-refractivity contribution in [1.82, 2.24) is 14.3 Å². The lowest BCUT2D eigenvalue weighted by molar-refractivity contribution is 0.102. The third-order valence-corrected chi connectivity index (χ3v) is 8.27. The second kappa shape index (κ2) is 11.9. The van der Waals surface area contributed by atoms with Gasteiger partial charge in [0.15, 0.2) is 0 Å². The van der Waals surface area contributed by atoms with Crippen LogP contribution in [0.25, 0.3) is 5.69 Å². The van der Waals surface area contributed by atoms with E-state index >= 15 is 0 Å². The summed E-state index contributed by atoms with van der Waals surface area (Å²) >= 11 is 18.4. The first-order valence-corrected chi connectivity index (χ1v) is 14.0. The quantitative estimate of drug-likeness (QED) is 0.268. The van der Waals surface area contributed by atoms with E-state index in [1.165, 1.54) is 4.68 Å². The highest BCUT2D eigenvalue weighted by molar-refractivity contribution is 6.48. The van der Waals surface area contributed by atoms with Gasteiger partial charge >= 0.3 is 6.03 Å². The number of aromatic nitrogens is 2. The minimum atomic E-state index is -0.457. The lowest BCUT2D eigenvalue weighted by Gasteiger charge is -2.36. The fourth-order valence-corrected chi connectivity index (χ4v) is 5.32. The van der Waals surface area contributed by atoms with E-state index in [0.29, 0.717) is 63.9 Å². The Morgan fingerprint density at radius 1 is 0.805 bits per heavy atom. The SMILES string of the molecule is Cc1c(NC(=O)c2cccc(NC(=O)N3CCN(c4cc(Cl)c(Cl)c(Cl)c4)CC3)c2)c(=O)n(-c2ccccc2)n1C. The molecular formula is C29H27Cl3N6O3. The number of nitrogens with one attached hydrogen (secondary N) is 2. The van der Waals surface area contributed by atoms with Crippen LogP contribution in [0.4, 0.5) is 21.9 Å². The second-order valence-corrected chi connectivity index (χ2v) is 10.8. The highest BCUT2D eigenvalue weighted by Gasteiger charge is 2.23. The van der Waals surface area contributed by atoms with Crippen LogP contribution in [0.3, 0.4) is 0 Å². The molecule has 12 heteroatoms. The van der Waals surface area contributed by atoms with Crippen molar-refractivity contribution in [3.8, 4) is 5.69 Å². The molecule has 5 rings (SSSR count). The molecule has 0 aliphatic carbocycles. The number of benzene rings is 3. The number of hydrogen-bond acceptors (Lipinski definition) is 4. The maximum absolute atomic E-state index is 13.2. The lowest BCUT2D eigenvalue weighted by Crippen LogP contribution is -2.50. The van der Waals surface area contributed by atoms with E-state index in [9.17, 15) is 14.4 Å². The van der Waals surface area contributed by atoms with Crippen LogP contribution in [-0.4, -0.2) is 52.4 Å².